The van der Waals surface area contributed by atoms with Crippen LogP contribution in [0.25, 0.3) is 0 Å². The molecule has 0 aliphatic heterocycles. The molecule has 1 heteroatoms. The molecule has 3 aromatic carbocycles. The first-order chi connectivity index (χ1) is 12.9. The van der Waals surface area contributed by atoms with E-state index in [2.05, 4.69) is 103 Å². The first kappa shape index (κ1) is 18.4. The third kappa shape index (κ3) is 4.05. The van der Waals surface area contributed by atoms with E-state index < -0.39 is 0 Å². The van der Waals surface area contributed by atoms with Crippen LogP contribution in [0.3, 0.4) is 0 Å². The minimum Gasteiger partial charge on any atom is -0.317 e. The van der Waals surface area contributed by atoms with Gasteiger partial charge in [0, 0.05) is 5.41 Å². The first-order valence-corrected chi connectivity index (χ1v) is 9.75. The summed E-state index contributed by atoms with van der Waals surface area (Å²) in [5.74, 6) is 0. The van der Waals surface area contributed by atoms with Crippen molar-refractivity contribution in [3.05, 3.63) is 108 Å². The van der Waals surface area contributed by atoms with Gasteiger partial charge in [-0.2, -0.15) is 0 Å². The van der Waals surface area contributed by atoms with E-state index in [1.807, 2.05) is 0 Å². The van der Waals surface area contributed by atoms with Crippen LogP contribution in [0, 0.1) is 0 Å². The summed E-state index contributed by atoms with van der Waals surface area (Å²) in [7, 11) is 0. The summed E-state index contributed by atoms with van der Waals surface area (Å²) in [6.07, 6.45) is 3.50. The van der Waals surface area contributed by atoms with Crippen molar-refractivity contribution in [1.82, 2.24) is 5.32 Å². The zero-order valence-electron chi connectivity index (χ0n) is 15.7. The van der Waals surface area contributed by atoms with Gasteiger partial charge in [-0.3, -0.25) is 0 Å². The van der Waals surface area contributed by atoms with Gasteiger partial charge in [-0.15, -0.1) is 0 Å². The Hall–Kier alpha value is -2.38. The SMILES string of the molecule is CCCCNCCC(c1ccccc1)(c1ccccc1)c1ccccc1. The Morgan fingerprint density at radius 1 is 0.615 bits per heavy atom. The standard InChI is InChI=1S/C25H29N/c1-2-3-20-26-21-19-25(22-13-7-4-8-14-22,23-15-9-5-10-16-23)24-17-11-6-12-18-24/h4-18,26H,2-3,19-21H2,1H3. The van der Waals surface area contributed by atoms with Crippen molar-refractivity contribution in [2.45, 2.75) is 31.6 Å². The second-order valence-corrected chi connectivity index (χ2v) is 6.86. The lowest BCUT2D eigenvalue weighted by molar-refractivity contribution is 0.514. The monoisotopic (exact) mass is 343 g/mol. The zero-order chi connectivity index (χ0) is 18.1. The molecule has 26 heavy (non-hydrogen) atoms. The Kier molecular flexibility index (Phi) is 6.62. The fourth-order valence-corrected chi connectivity index (χ4v) is 3.80. The lowest BCUT2D eigenvalue weighted by Crippen LogP contribution is -2.34. The molecule has 0 bridgehead atoms. The number of nitrogens with one attached hydrogen (secondary N) is 1. The summed E-state index contributed by atoms with van der Waals surface area (Å²) in [5, 5.41) is 3.65. The Bertz CT molecular complexity index is 653. The Morgan fingerprint density at radius 2 is 1.04 bits per heavy atom. The van der Waals surface area contributed by atoms with E-state index in [9.17, 15) is 0 Å². The van der Waals surface area contributed by atoms with E-state index in [0.29, 0.717) is 0 Å². The van der Waals surface area contributed by atoms with Crippen molar-refractivity contribution >= 4 is 0 Å². The van der Waals surface area contributed by atoms with Gasteiger partial charge in [0.2, 0.25) is 0 Å². The van der Waals surface area contributed by atoms with E-state index in [1.165, 1.54) is 29.5 Å². The van der Waals surface area contributed by atoms with Gasteiger partial charge in [0.05, 0.1) is 0 Å². The molecular weight excluding hydrogens is 314 g/mol. The van der Waals surface area contributed by atoms with Crippen LogP contribution in [0.15, 0.2) is 91.0 Å². The Labute approximate surface area is 158 Å². The highest BCUT2D eigenvalue weighted by Crippen LogP contribution is 2.41. The average Bonchev–Trinajstić information content (AvgIpc) is 2.73. The smallest absolute Gasteiger partial charge is 0.0463 e. The van der Waals surface area contributed by atoms with E-state index >= 15 is 0 Å². The van der Waals surface area contributed by atoms with Crippen molar-refractivity contribution in [2.75, 3.05) is 13.1 Å². The molecule has 0 unspecified atom stereocenters. The maximum atomic E-state index is 3.65. The molecule has 0 fully saturated rings. The number of rotatable bonds is 9. The van der Waals surface area contributed by atoms with Gasteiger partial charge in [0.1, 0.15) is 0 Å². The largest absolute Gasteiger partial charge is 0.317 e. The third-order valence-corrected chi connectivity index (χ3v) is 5.18. The normalized spacial score (nSPS) is 11.4. The molecule has 0 amide bonds. The first-order valence-electron chi connectivity index (χ1n) is 9.75. The Balaban J connectivity index is 2.06. The number of benzene rings is 3. The second-order valence-electron chi connectivity index (χ2n) is 6.86. The van der Waals surface area contributed by atoms with Crippen LogP contribution in [-0.2, 0) is 5.41 Å². The maximum absolute atomic E-state index is 3.65. The molecule has 134 valence electrons. The summed E-state index contributed by atoms with van der Waals surface area (Å²) in [6, 6.07) is 32.8. The molecule has 3 rings (SSSR count). The average molecular weight is 344 g/mol. The highest BCUT2D eigenvalue weighted by Gasteiger charge is 2.35. The van der Waals surface area contributed by atoms with Gasteiger partial charge in [0.25, 0.3) is 0 Å². The summed E-state index contributed by atoms with van der Waals surface area (Å²) in [5.41, 5.74) is 3.93. The molecule has 3 aromatic rings. The van der Waals surface area contributed by atoms with Gasteiger partial charge in [-0.05, 0) is 42.6 Å². The van der Waals surface area contributed by atoms with Crippen LogP contribution in [0.5, 0.6) is 0 Å². The van der Waals surface area contributed by atoms with Crippen molar-refractivity contribution in [1.29, 1.82) is 0 Å². The van der Waals surface area contributed by atoms with Crippen LogP contribution in [0.1, 0.15) is 42.9 Å². The van der Waals surface area contributed by atoms with Crippen LogP contribution in [0.4, 0.5) is 0 Å². The molecule has 0 aliphatic carbocycles. The molecule has 0 atom stereocenters. The number of unbranched alkanes of at least 4 members (excludes halogenated alkanes) is 1. The molecule has 0 aliphatic rings. The molecule has 0 saturated carbocycles. The number of hydrogen-bond acceptors (Lipinski definition) is 1. The Morgan fingerprint density at radius 3 is 1.42 bits per heavy atom. The molecule has 1 nitrogen and oxygen atoms in total. The van der Waals surface area contributed by atoms with Gasteiger partial charge in [-0.1, -0.05) is 104 Å². The van der Waals surface area contributed by atoms with Crippen molar-refractivity contribution in [2.24, 2.45) is 0 Å². The van der Waals surface area contributed by atoms with Crippen LogP contribution in [-0.4, -0.2) is 13.1 Å². The predicted molar refractivity (Wildman–Crippen MR) is 112 cm³/mol. The lowest BCUT2D eigenvalue weighted by atomic mass is 9.67. The highest BCUT2D eigenvalue weighted by molar-refractivity contribution is 5.50. The molecule has 0 spiro atoms. The highest BCUT2D eigenvalue weighted by atomic mass is 14.8. The van der Waals surface area contributed by atoms with Crippen molar-refractivity contribution in [3.63, 3.8) is 0 Å². The van der Waals surface area contributed by atoms with Gasteiger partial charge >= 0.3 is 0 Å². The van der Waals surface area contributed by atoms with E-state index in [0.717, 1.165) is 19.5 Å². The van der Waals surface area contributed by atoms with E-state index in [-0.39, 0.29) is 5.41 Å². The fraction of sp³-hybridized carbons (Fsp3) is 0.280. The topological polar surface area (TPSA) is 12.0 Å². The van der Waals surface area contributed by atoms with Crippen LogP contribution >= 0.6 is 0 Å². The third-order valence-electron chi connectivity index (χ3n) is 5.18. The lowest BCUT2D eigenvalue weighted by Gasteiger charge is -2.36. The zero-order valence-corrected chi connectivity index (χ0v) is 15.7. The molecule has 0 radical (unpaired) electrons. The summed E-state index contributed by atoms with van der Waals surface area (Å²) >= 11 is 0. The van der Waals surface area contributed by atoms with Gasteiger partial charge in [-0.25, -0.2) is 0 Å². The van der Waals surface area contributed by atoms with E-state index in [1.54, 1.807) is 0 Å². The summed E-state index contributed by atoms with van der Waals surface area (Å²) in [4.78, 5) is 0. The molecule has 1 N–H and O–H groups in total. The van der Waals surface area contributed by atoms with Crippen molar-refractivity contribution < 1.29 is 0 Å². The minimum absolute atomic E-state index is 0.136. The van der Waals surface area contributed by atoms with Crippen LogP contribution in [0.2, 0.25) is 0 Å². The maximum Gasteiger partial charge on any atom is 0.0463 e. The predicted octanol–water partition coefficient (Wildman–Crippen LogP) is 5.80. The molecule has 0 aromatic heterocycles. The minimum atomic E-state index is -0.136. The quantitative estimate of drug-likeness (QED) is 0.382. The summed E-state index contributed by atoms with van der Waals surface area (Å²) in [6.45, 7) is 4.33. The van der Waals surface area contributed by atoms with Gasteiger partial charge in [0.15, 0.2) is 0 Å². The second kappa shape index (κ2) is 9.35. The van der Waals surface area contributed by atoms with Crippen molar-refractivity contribution in [3.8, 4) is 0 Å². The van der Waals surface area contributed by atoms with Gasteiger partial charge < -0.3 is 5.32 Å². The molecular formula is C25H29N. The summed E-state index contributed by atoms with van der Waals surface area (Å²) < 4.78 is 0. The molecule has 0 heterocycles. The van der Waals surface area contributed by atoms with E-state index in [4.69, 9.17) is 0 Å². The number of hydrogen-bond donors (Lipinski definition) is 1. The fourth-order valence-electron chi connectivity index (χ4n) is 3.80. The molecule has 0 saturated heterocycles. The van der Waals surface area contributed by atoms with Crippen LogP contribution < -0.4 is 5.32 Å².